The fourth-order valence-corrected chi connectivity index (χ4v) is 4.14. The lowest BCUT2D eigenvalue weighted by Gasteiger charge is -2.36. The van der Waals surface area contributed by atoms with Crippen LogP contribution in [0.3, 0.4) is 0 Å². The Morgan fingerprint density at radius 3 is 2.96 bits per heavy atom. The number of piperidine rings is 1. The highest BCUT2D eigenvalue weighted by atomic mass is 32.1. The molecule has 3 N–H and O–H groups in total. The second kappa shape index (κ2) is 7.64. The Morgan fingerprint density at radius 2 is 2.26 bits per heavy atom. The van der Waals surface area contributed by atoms with Gasteiger partial charge in [0.15, 0.2) is 0 Å². The smallest absolute Gasteiger partial charge is 0.314 e. The number of carbonyl (C=O) groups is 1. The van der Waals surface area contributed by atoms with Gasteiger partial charge >= 0.3 is 6.03 Å². The Morgan fingerprint density at radius 1 is 1.39 bits per heavy atom. The molecule has 1 saturated heterocycles. The molecular formula is C17H27N3O2S. The molecule has 0 radical (unpaired) electrons. The Kier molecular flexibility index (Phi) is 5.56. The first-order valence-corrected chi connectivity index (χ1v) is 9.50. The highest BCUT2D eigenvalue weighted by Crippen LogP contribution is 2.30. The van der Waals surface area contributed by atoms with Gasteiger partial charge in [-0.2, -0.15) is 0 Å². The number of hydrogen-bond donors (Lipinski definition) is 3. The van der Waals surface area contributed by atoms with Gasteiger partial charge in [0.2, 0.25) is 0 Å². The third kappa shape index (κ3) is 4.93. The van der Waals surface area contributed by atoms with E-state index in [-0.39, 0.29) is 6.03 Å². The van der Waals surface area contributed by atoms with Gasteiger partial charge in [0.1, 0.15) is 0 Å². The van der Waals surface area contributed by atoms with E-state index in [1.165, 1.54) is 17.7 Å². The Labute approximate surface area is 142 Å². The van der Waals surface area contributed by atoms with Crippen LogP contribution in [0.1, 0.15) is 37.0 Å². The summed E-state index contributed by atoms with van der Waals surface area (Å²) in [6, 6.07) is 4.13. The molecule has 2 amide bonds. The summed E-state index contributed by atoms with van der Waals surface area (Å²) in [5.41, 5.74) is -0.653. The minimum absolute atomic E-state index is 0.152. The van der Waals surface area contributed by atoms with Crippen molar-refractivity contribution in [2.45, 2.75) is 44.2 Å². The fourth-order valence-electron chi connectivity index (χ4n) is 3.39. The number of hydrogen-bond acceptors (Lipinski definition) is 4. The Bertz CT molecular complexity index is 502. The summed E-state index contributed by atoms with van der Waals surface area (Å²) in [4.78, 5) is 15.8. The quantitative estimate of drug-likeness (QED) is 0.745. The lowest BCUT2D eigenvalue weighted by atomic mass is 9.80. The van der Waals surface area contributed by atoms with Crippen molar-refractivity contribution in [1.29, 1.82) is 0 Å². The Hall–Kier alpha value is -1.11. The van der Waals surface area contributed by atoms with Crippen LogP contribution >= 0.6 is 11.3 Å². The predicted octanol–water partition coefficient (Wildman–Crippen LogP) is 2.17. The van der Waals surface area contributed by atoms with E-state index in [2.05, 4.69) is 33.0 Å². The van der Waals surface area contributed by atoms with E-state index < -0.39 is 5.60 Å². The van der Waals surface area contributed by atoms with E-state index in [1.54, 1.807) is 0 Å². The molecule has 2 aliphatic rings. The number of likely N-dealkylation sites (tertiary alicyclic amines) is 1. The maximum atomic E-state index is 11.9. The van der Waals surface area contributed by atoms with Crippen molar-refractivity contribution in [3.8, 4) is 0 Å². The van der Waals surface area contributed by atoms with E-state index >= 15 is 0 Å². The van der Waals surface area contributed by atoms with E-state index in [1.807, 2.05) is 11.3 Å². The second-order valence-electron chi connectivity index (χ2n) is 6.96. The van der Waals surface area contributed by atoms with Crippen molar-refractivity contribution in [2.75, 3.05) is 26.2 Å². The van der Waals surface area contributed by atoms with Crippen molar-refractivity contribution in [1.82, 2.24) is 15.5 Å². The van der Waals surface area contributed by atoms with Gasteiger partial charge in [-0.15, -0.1) is 11.3 Å². The third-order valence-corrected chi connectivity index (χ3v) is 5.84. The molecule has 1 saturated carbocycles. The zero-order valence-electron chi connectivity index (χ0n) is 13.6. The number of rotatable bonds is 6. The van der Waals surface area contributed by atoms with E-state index in [4.69, 9.17) is 0 Å². The maximum Gasteiger partial charge on any atom is 0.314 e. The van der Waals surface area contributed by atoms with Gasteiger partial charge in [0.05, 0.1) is 5.60 Å². The van der Waals surface area contributed by atoms with Crippen LogP contribution in [0.15, 0.2) is 17.5 Å². The molecule has 6 heteroatoms. The lowest BCUT2D eigenvalue weighted by molar-refractivity contribution is -0.0290. The van der Waals surface area contributed by atoms with E-state index in [0.717, 1.165) is 38.9 Å². The molecule has 1 aliphatic heterocycles. The minimum Gasteiger partial charge on any atom is -0.388 e. The molecular weight excluding hydrogens is 310 g/mol. The summed E-state index contributed by atoms with van der Waals surface area (Å²) in [6.07, 6.45) is 5.02. The summed E-state index contributed by atoms with van der Waals surface area (Å²) in [6.45, 7) is 4.29. The van der Waals surface area contributed by atoms with Gasteiger partial charge in [-0.1, -0.05) is 6.07 Å². The largest absolute Gasteiger partial charge is 0.388 e. The van der Waals surface area contributed by atoms with Crippen LogP contribution in [0.2, 0.25) is 0 Å². The molecule has 5 nitrogen and oxygen atoms in total. The third-order valence-electron chi connectivity index (χ3n) is 4.98. The summed E-state index contributed by atoms with van der Waals surface area (Å²) < 4.78 is 0. The molecule has 0 aromatic carbocycles. The topological polar surface area (TPSA) is 64.6 Å². The van der Waals surface area contributed by atoms with Crippen molar-refractivity contribution >= 4 is 17.4 Å². The maximum absolute atomic E-state index is 11.9. The number of nitrogens with one attached hydrogen (secondary N) is 2. The van der Waals surface area contributed by atoms with Gasteiger partial charge in [-0.3, -0.25) is 4.90 Å². The fraction of sp³-hybridized carbons (Fsp3) is 0.706. The average molecular weight is 337 g/mol. The molecule has 2 fully saturated rings. The van der Waals surface area contributed by atoms with E-state index in [9.17, 15) is 9.90 Å². The number of thiophene rings is 1. The van der Waals surface area contributed by atoms with Crippen molar-refractivity contribution in [3.05, 3.63) is 22.4 Å². The van der Waals surface area contributed by atoms with Crippen LogP contribution in [0.25, 0.3) is 0 Å². The zero-order valence-corrected chi connectivity index (χ0v) is 14.4. The van der Waals surface area contributed by atoms with Gasteiger partial charge in [0.25, 0.3) is 0 Å². The second-order valence-corrected chi connectivity index (χ2v) is 8.00. The summed E-state index contributed by atoms with van der Waals surface area (Å²) in [7, 11) is 0. The highest BCUT2D eigenvalue weighted by molar-refractivity contribution is 7.09. The Balaban J connectivity index is 1.35. The van der Waals surface area contributed by atoms with Crippen LogP contribution in [0.4, 0.5) is 4.79 Å². The van der Waals surface area contributed by atoms with Gasteiger partial charge in [-0.25, -0.2) is 4.79 Å². The van der Waals surface area contributed by atoms with Crippen molar-refractivity contribution < 1.29 is 9.90 Å². The summed E-state index contributed by atoms with van der Waals surface area (Å²) >= 11 is 1.81. The molecule has 1 atom stereocenters. The molecule has 0 bridgehead atoms. The SMILES string of the molecule is O=C(NCC1CCCN(Cc2cccs2)C1)NCC1(O)CCC1. The molecule has 3 rings (SSSR count). The van der Waals surface area contributed by atoms with Crippen LogP contribution in [-0.2, 0) is 6.54 Å². The zero-order chi connectivity index (χ0) is 16.1. The minimum atomic E-state index is -0.653. The van der Waals surface area contributed by atoms with Crippen LogP contribution in [-0.4, -0.2) is 47.8 Å². The van der Waals surface area contributed by atoms with Crippen LogP contribution in [0.5, 0.6) is 0 Å². The normalized spacial score (nSPS) is 24.0. The van der Waals surface area contributed by atoms with Crippen molar-refractivity contribution in [3.63, 3.8) is 0 Å². The first-order valence-electron chi connectivity index (χ1n) is 8.62. The van der Waals surface area contributed by atoms with Crippen LogP contribution in [0, 0.1) is 5.92 Å². The number of amides is 2. The molecule has 128 valence electrons. The molecule has 2 heterocycles. The van der Waals surface area contributed by atoms with Crippen molar-refractivity contribution in [2.24, 2.45) is 5.92 Å². The standard InChI is InChI=1S/C17H27N3O2S/c21-16(19-13-17(22)6-3-7-17)18-10-14-4-1-8-20(11-14)12-15-5-2-9-23-15/h2,5,9,14,22H,1,3-4,6-8,10-13H2,(H2,18,19,21). The number of nitrogens with zero attached hydrogens (tertiary/aromatic N) is 1. The number of urea groups is 1. The van der Waals surface area contributed by atoms with Gasteiger partial charge in [0, 0.05) is 31.1 Å². The monoisotopic (exact) mass is 337 g/mol. The average Bonchev–Trinajstić information content (AvgIpc) is 3.02. The first kappa shape index (κ1) is 16.7. The van der Waals surface area contributed by atoms with Crippen LogP contribution < -0.4 is 10.6 Å². The van der Waals surface area contributed by atoms with Gasteiger partial charge < -0.3 is 15.7 Å². The summed E-state index contributed by atoms with van der Waals surface area (Å²) in [5.74, 6) is 0.515. The highest BCUT2D eigenvalue weighted by Gasteiger charge is 2.34. The van der Waals surface area contributed by atoms with Gasteiger partial charge in [-0.05, 0) is 56.0 Å². The first-order chi connectivity index (χ1) is 11.1. The molecule has 1 unspecified atom stereocenters. The number of aliphatic hydroxyl groups is 1. The summed E-state index contributed by atoms with van der Waals surface area (Å²) in [5, 5.41) is 17.9. The predicted molar refractivity (Wildman–Crippen MR) is 92.5 cm³/mol. The molecule has 1 aromatic heterocycles. The molecule has 1 aliphatic carbocycles. The molecule has 1 aromatic rings. The molecule has 0 spiro atoms. The van der Waals surface area contributed by atoms with E-state index in [0.29, 0.717) is 19.0 Å². The lowest BCUT2D eigenvalue weighted by Crippen LogP contribution is -2.51. The molecule has 23 heavy (non-hydrogen) atoms. The number of carbonyl (C=O) groups excluding carboxylic acids is 1.